The number of fused-ring (bicyclic) bond motifs is 2. The lowest BCUT2D eigenvalue weighted by Crippen LogP contribution is -2.46. The molecule has 1 spiro atoms. The van der Waals surface area contributed by atoms with Gasteiger partial charge < -0.3 is 5.73 Å². The van der Waals surface area contributed by atoms with E-state index in [1.54, 1.807) is 19.2 Å². The Morgan fingerprint density at radius 1 is 1.33 bits per heavy atom. The SMILES string of the molecule is CCC1(C)Cc2ccc(-c3cccnc3F)cc2C2(C1)N=C(N)N(C)C2=O. The Kier molecular flexibility index (Phi) is 3.84. The van der Waals surface area contributed by atoms with Crippen LogP contribution >= 0.6 is 0 Å². The smallest absolute Gasteiger partial charge is 0.261 e. The van der Waals surface area contributed by atoms with Crippen molar-refractivity contribution in [1.82, 2.24) is 9.88 Å². The lowest BCUT2D eigenvalue weighted by Gasteiger charge is -2.42. The van der Waals surface area contributed by atoms with Crippen LogP contribution < -0.4 is 5.73 Å². The molecule has 2 unspecified atom stereocenters. The van der Waals surface area contributed by atoms with Crippen molar-refractivity contribution in [3.63, 3.8) is 0 Å². The quantitative estimate of drug-likeness (QED) is 0.830. The maximum absolute atomic E-state index is 14.2. The van der Waals surface area contributed by atoms with Gasteiger partial charge in [-0.15, -0.1) is 0 Å². The number of nitrogens with two attached hydrogens (primary N) is 1. The number of rotatable bonds is 2. The van der Waals surface area contributed by atoms with Crippen molar-refractivity contribution in [2.45, 2.75) is 38.6 Å². The Morgan fingerprint density at radius 3 is 2.74 bits per heavy atom. The van der Waals surface area contributed by atoms with Gasteiger partial charge in [0.05, 0.1) is 0 Å². The molecule has 2 atom stereocenters. The predicted octanol–water partition coefficient (Wildman–Crippen LogP) is 3.23. The Bertz CT molecular complexity index is 972. The third-order valence-corrected chi connectivity index (χ3v) is 6.09. The molecule has 0 fully saturated rings. The molecule has 6 heteroatoms. The summed E-state index contributed by atoms with van der Waals surface area (Å²) in [6.45, 7) is 4.32. The molecular weight excluding hydrogens is 343 g/mol. The molecule has 4 rings (SSSR count). The van der Waals surface area contributed by atoms with E-state index in [9.17, 15) is 9.18 Å². The molecule has 2 aliphatic rings. The van der Waals surface area contributed by atoms with Crippen molar-refractivity contribution in [2.75, 3.05) is 7.05 Å². The van der Waals surface area contributed by atoms with E-state index in [0.717, 1.165) is 24.0 Å². The van der Waals surface area contributed by atoms with Crippen LogP contribution in [-0.4, -0.2) is 28.8 Å². The number of amides is 1. The van der Waals surface area contributed by atoms with E-state index in [1.165, 1.54) is 11.1 Å². The molecule has 27 heavy (non-hydrogen) atoms. The number of nitrogens with zero attached hydrogens (tertiary/aromatic N) is 3. The average Bonchev–Trinajstić information content (AvgIpc) is 2.86. The highest BCUT2D eigenvalue weighted by molar-refractivity contribution is 6.07. The number of halogens is 1. The van der Waals surface area contributed by atoms with Crippen LogP contribution in [0.5, 0.6) is 0 Å². The predicted molar refractivity (Wildman–Crippen MR) is 102 cm³/mol. The molecule has 0 saturated heterocycles. The second-order valence-electron chi connectivity index (χ2n) is 7.93. The largest absolute Gasteiger partial charge is 0.369 e. The molecular formula is C21H23FN4O. The van der Waals surface area contributed by atoms with E-state index < -0.39 is 11.5 Å². The number of benzene rings is 1. The van der Waals surface area contributed by atoms with Crippen molar-refractivity contribution >= 4 is 11.9 Å². The lowest BCUT2D eigenvalue weighted by atomic mass is 9.63. The number of hydrogen-bond acceptors (Lipinski definition) is 4. The zero-order chi connectivity index (χ0) is 19.4. The second-order valence-corrected chi connectivity index (χ2v) is 7.93. The van der Waals surface area contributed by atoms with Crippen LogP contribution in [0.25, 0.3) is 11.1 Å². The van der Waals surface area contributed by atoms with E-state index in [-0.39, 0.29) is 17.3 Å². The molecule has 1 aliphatic carbocycles. The standard InChI is InChI=1S/C21H23FN4O/c1-4-20(2)11-14-8-7-13(15-6-5-9-24-17(15)22)10-16(14)21(12-20)18(27)26(3)19(23)25-21/h5-10H,4,11-12H2,1-3H3,(H2,23,25). The maximum Gasteiger partial charge on any atom is 0.261 e. The van der Waals surface area contributed by atoms with Crippen LogP contribution in [0.15, 0.2) is 41.5 Å². The first-order valence-corrected chi connectivity index (χ1v) is 9.17. The van der Waals surface area contributed by atoms with Gasteiger partial charge in [0.25, 0.3) is 5.91 Å². The van der Waals surface area contributed by atoms with Crippen molar-refractivity contribution in [1.29, 1.82) is 0 Å². The van der Waals surface area contributed by atoms with Gasteiger partial charge >= 0.3 is 0 Å². The number of carbonyl (C=O) groups excluding carboxylic acids is 1. The van der Waals surface area contributed by atoms with Crippen molar-refractivity contribution in [3.05, 3.63) is 53.6 Å². The highest BCUT2D eigenvalue weighted by atomic mass is 19.1. The van der Waals surface area contributed by atoms with Gasteiger partial charge in [0.2, 0.25) is 5.95 Å². The van der Waals surface area contributed by atoms with Crippen molar-refractivity contribution < 1.29 is 9.18 Å². The van der Waals surface area contributed by atoms with Crippen LogP contribution in [0.3, 0.4) is 0 Å². The number of likely N-dealkylation sites (N-methyl/N-ethyl adjacent to an activating group) is 1. The number of carbonyl (C=O) groups is 1. The zero-order valence-electron chi connectivity index (χ0n) is 15.8. The molecule has 2 N–H and O–H groups in total. The third kappa shape index (κ3) is 2.54. The summed E-state index contributed by atoms with van der Waals surface area (Å²) in [5, 5.41) is 0. The molecule has 1 amide bonds. The van der Waals surface area contributed by atoms with Gasteiger partial charge in [0.15, 0.2) is 11.5 Å². The number of pyridine rings is 1. The summed E-state index contributed by atoms with van der Waals surface area (Å²) in [6.07, 6.45) is 3.79. The highest BCUT2D eigenvalue weighted by Crippen LogP contribution is 2.51. The normalized spacial score (nSPS) is 27.0. The van der Waals surface area contributed by atoms with E-state index in [0.29, 0.717) is 17.5 Å². The van der Waals surface area contributed by atoms with E-state index >= 15 is 0 Å². The minimum atomic E-state index is -1.04. The second kappa shape index (κ2) is 5.87. The summed E-state index contributed by atoms with van der Waals surface area (Å²) in [5.74, 6) is -0.424. The van der Waals surface area contributed by atoms with Gasteiger partial charge in [-0.3, -0.25) is 9.69 Å². The summed E-state index contributed by atoms with van der Waals surface area (Å²) < 4.78 is 14.2. The fourth-order valence-electron chi connectivity index (χ4n) is 4.36. The highest BCUT2D eigenvalue weighted by Gasteiger charge is 2.54. The third-order valence-electron chi connectivity index (χ3n) is 6.09. The fraction of sp³-hybridized carbons (Fsp3) is 0.381. The Morgan fingerprint density at radius 2 is 2.11 bits per heavy atom. The van der Waals surface area contributed by atoms with Crippen LogP contribution in [-0.2, 0) is 16.8 Å². The van der Waals surface area contributed by atoms with Crippen LogP contribution in [0.4, 0.5) is 4.39 Å². The molecule has 1 aromatic carbocycles. The minimum absolute atomic E-state index is 0.0569. The Labute approximate surface area is 158 Å². The number of guanidine groups is 1. The number of aliphatic imine (C=N–C) groups is 1. The van der Waals surface area contributed by atoms with Crippen LogP contribution in [0.2, 0.25) is 0 Å². The number of hydrogen-bond donors (Lipinski definition) is 1. The van der Waals surface area contributed by atoms with E-state index in [4.69, 9.17) is 5.73 Å². The molecule has 0 saturated carbocycles. The average molecular weight is 366 g/mol. The first-order chi connectivity index (χ1) is 12.8. The van der Waals surface area contributed by atoms with Gasteiger partial charge in [-0.25, -0.2) is 9.98 Å². The van der Waals surface area contributed by atoms with Gasteiger partial charge in [-0.1, -0.05) is 32.4 Å². The van der Waals surface area contributed by atoms with Crippen molar-refractivity contribution in [3.8, 4) is 11.1 Å². The molecule has 5 nitrogen and oxygen atoms in total. The fourth-order valence-corrected chi connectivity index (χ4v) is 4.36. The Balaban J connectivity index is 1.95. The maximum atomic E-state index is 14.2. The van der Waals surface area contributed by atoms with Gasteiger partial charge in [0, 0.05) is 18.8 Å². The zero-order valence-corrected chi connectivity index (χ0v) is 15.8. The summed E-state index contributed by atoms with van der Waals surface area (Å²) in [6, 6.07) is 9.16. The van der Waals surface area contributed by atoms with E-state index in [2.05, 4.69) is 23.8 Å². The van der Waals surface area contributed by atoms with Crippen molar-refractivity contribution in [2.24, 2.45) is 16.1 Å². The molecule has 2 heterocycles. The van der Waals surface area contributed by atoms with Gasteiger partial charge in [-0.05, 0) is 53.1 Å². The van der Waals surface area contributed by atoms with Gasteiger partial charge in [-0.2, -0.15) is 4.39 Å². The lowest BCUT2D eigenvalue weighted by molar-refractivity contribution is -0.132. The molecule has 0 radical (unpaired) electrons. The first-order valence-electron chi connectivity index (χ1n) is 9.17. The summed E-state index contributed by atoms with van der Waals surface area (Å²) in [5.41, 5.74) is 7.92. The van der Waals surface area contributed by atoms with Crippen LogP contribution in [0, 0.1) is 11.4 Å². The molecule has 1 aromatic heterocycles. The monoisotopic (exact) mass is 366 g/mol. The van der Waals surface area contributed by atoms with E-state index in [1.807, 2.05) is 18.2 Å². The number of aromatic nitrogens is 1. The van der Waals surface area contributed by atoms with Gasteiger partial charge in [0.1, 0.15) is 0 Å². The summed E-state index contributed by atoms with van der Waals surface area (Å²) in [4.78, 5) is 23.0. The molecule has 1 aliphatic heterocycles. The molecule has 140 valence electrons. The topological polar surface area (TPSA) is 71.6 Å². The minimum Gasteiger partial charge on any atom is -0.369 e. The Hall–Kier alpha value is -2.76. The molecule has 0 bridgehead atoms. The first kappa shape index (κ1) is 17.6. The van der Waals surface area contributed by atoms with Crippen LogP contribution in [0.1, 0.15) is 37.8 Å². The summed E-state index contributed by atoms with van der Waals surface area (Å²) >= 11 is 0. The summed E-state index contributed by atoms with van der Waals surface area (Å²) in [7, 11) is 1.65. The molecule has 2 aromatic rings.